The van der Waals surface area contributed by atoms with Crippen molar-refractivity contribution in [1.29, 1.82) is 0 Å². The molecule has 0 aliphatic rings. The van der Waals surface area contributed by atoms with E-state index < -0.39 is 30.4 Å². The molecule has 110 valence electrons. The van der Waals surface area contributed by atoms with E-state index in [0.717, 1.165) is 5.56 Å². The molecule has 1 aromatic heterocycles. The van der Waals surface area contributed by atoms with Gasteiger partial charge in [0.1, 0.15) is 6.04 Å². The highest BCUT2D eigenvalue weighted by Gasteiger charge is 2.24. The average molecular weight is 284 g/mol. The third-order valence-electron chi connectivity index (χ3n) is 2.50. The maximum atomic E-state index is 11.8. The first kappa shape index (κ1) is 15.5. The van der Waals surface area contributed by atoms with Gasteiger partial charge in [-0.15, -0.1) is 0 Å². The van der Waals surface area contributed by atoms with Crippen molar-refractivity contribution in [3.05, 3.63) is 18.0 Å². The third-order valence-corrected chi connectivity index (χ3v) is 2.50. The van der Waals surface area contributed by atoms with Crippen LogP contribution >= 0.6 is 0 Å². The maximum absolute atomic E-state index is 11.8. The summed E-state index contributed by atoms with van der Waals surface area (Å²) in [4.78, 5) is 34.4. The molecule has 9 heteroatoms. The number of nitrogens with one attached hydrogen (secondary N) is 1. The number of aliphatic carboxylic acids is 2. The molecule has 0 aliphatic carbocycles. The number of rotatable bonds is 6. The number of hydrogen-bond acceptors (Lipinski definition) is 4. The zero-order chi connectivity index (χ0) is 15.3. The second-order valence-electron chi connectivity index (χ2n) is 4.32. The number of urea groups is 1. The van der Waals surface area contributed by atoms with E-state index in [1.165, 1.54) is 11.9 Å². The molecule has 1 aromatic rings. The van der Waals surface area contributed by atoms with Crippen molar-refractivity contribution in [1.82, 2.24) is 20.0 Å². The van der Waals surface area contributed by atoms with Crippen LogP contribution in [0.2, 0.25) is 0 Å². The van der Waals surface area contributed by atoms with Crippen LogP contribution in [0.5, 0.6) is 0 Å². The molecule has 0 aromatic carbocycles. The van der Waals surface area contributed by atoms with Gasteiger partial charge in [0.25, 0.3) is 0 Å². The molecule has 1 heterocycles. The van der Waals surface area contributed by atoms with Gasteiger partial charge in [-0.1, -0.05) is 0 Å². The summed E-state index contributed by atoms with van der Waals surface area (Å²) in [7, 11) is 3.21. The average Bonchev–Trinajstić information content (AvgIpc) is 2.72. The van der Waals surface area contributed by atoms with Crippen molar-refractivity contribution in [3.8, 4) is 0 Å². The van der Waals surface area contributed by atoms with E-state index in [-0.39, 0.29) is 6.54 Å². The second kappa shape index (κ2) is 6.55. The van der Waals surface area contributed by atoms with Crippen LogP contribution < -0.4 is 5.32 Å². The molecule has 0 bridgehead atoms. The fourth-order valence-corrected chi connectivity index (χ4v) is 1.53. The number of carboxylic acid groups (broad SMARTS) is 2. The van der Waals surface area contributed by atoms with E-state index in [9.17, 15) is 14.4 Å². The molecule has 0 spiro atoms. The largest absolute Gasteiger partial charge is 0.481 e. The molecule has 1 unspecified atom stereocenters. The minimum absolute atomic E-state index is 0.235. The number of aromatic nitrogens is 2. The van der Waals surface area contributed by atoms with Gasteiger partial charge in [-0.25, -0.2) is 9.59 Å². The van der Waals surface area contributed by atoms with Crippen LogP contribution in [-0.2, 0) is 23.2 Å². The van der Waals surface area contributed by atoms with Gasteiger partial charge in [0, 0.05) is 25.9 Å². The van der Waals surface area contributed by atoms with Gasteiger partial charge in [0.05, 0.1) is 19.2 Å². The van der Waals surface area contributed by atoms with Crippen LogP contribution in [0.4, 0.5) is 4.79 Å². The summed E-state index contributed by atoms with van der Waals surface area (Å²) in [5.74, 6) is -2.69. The topological polar surface area (TPSA) is 125 Å². The molecule has 0 saturated heterocycles. The minimum atomic E-state index is -1.46. The number of aryl methyl sites for hydroxylation is 1. The number of amides is 2. The highest BCUT2D eigenvalue weighted by atomic mass is 16.4. The van der Waals surface area contributed by atoms with Gasteiger partial charge < -0.3 is 20.4 Å². The van der Waals surface area contributed by atoms with Crippen LogP contribution in [0.25, 0.3) is 0 Å². The SMILES string of the molecule is CN(Cc1cnn(C)c1)C(=O)NC(CC(=O)O)C(=O)O. The number of carbonyl (C=O) groups excluding carboxylic acids is 1. The summed E-state index contributed by atoms with van der Waals surface area (Å²) in [6, 6.07) is -2.13. The molecule has 9 nitrogen and oxygen atoms in total. The molecule has 2 amide bonds. The third kappa shape index (κ3) is 4.59. The molecular formula is C11H16N4O5. The Labute approximate surface area is 114 Å². The number of carbonyl (C=O) groups is 3. The molecule has 20 heavy (non-hydrogen) atoms. The Kier molecular flexibility index (Phi) is 5.07. The molecule has 1 rings (SSSR count). The van der Waals surface area contributed by atoms with Crippen LogP contribution in [0.15, 0.2) is 12.4 Å². The first-order valence-corrected chi connectivity index (χ1v) is 5.73. The monoisotopic (exact) mass is 284 g/mol. The quantitative estimate of drug-likeness (QED) is 0.646. The number of carboxylic acids is 2. The highest BCUT2D eigenvalue weighted by molar-refractivity contribution is 5.86. The number of hydrogen-bond donors (Lipinski definition) is 3. The summed E-state index contributed by atoms with van der Waals surface area (Å²) in [6.07, 6.45) is 2.62. The summed E-state index contributed by atoms with van der Waals surface area (Å²) in [6.45, 7) is 0.235. The summed E-state index contributed by atoms with van der Waals surface area (Å²) in [5, 5.41) is 23.5. The first-order chi connectivity index (χ1) is 9.29. The highest BCUT2D eigenvalue weighted by Crippen LogP contribution is 2.02. The van der Waals surface area contributed by atoms with Gasteiger partial charge in [0.15, 0.2) is 0 Å². The van der Waals surface area contributed by atoms with Gasteiger partial charge >= 0.3 is 18.0 Å². The van der Waals surface area contributed by atoms with Gasteiger partial charge in [-0.05, 0) is 0 Å². The van der Waals surface area contributed by atoms with Crippen molar-refractivity contribution < 1.29 is 24.6 Å². The molecule has 0 aliphatic heterocycles. The molecular weight excluding hydrogens is 268 g/mol. The Morgan fingerprint density at radius 2 is 2.10 bits per heavy atom. The lowest BCUT2D eigenvalue weighted by atomic mass is 10.2. The van der Waals surface area contributed by atoms with E-state index in [0.29, 0.717) is 0 Å². The number of nitrogens with zero attached hydrogens (tertiary/aromatic N) is 3. The van der Waals surface area contributed by atoms with Crippen molar-refractivity contribution in [2.45, 2.75) is 19.0 Å². The Balaban J connectivity index is 2.59. The summed E-state index contributed by atoms with van der Waals surface area (Å²) in [5.41, 5.74) is 0.773. The lowest BCUT2D eigenvalue weighted by Gasteiger charge is -2.20. The van der Waals surface area contributed by atoms with E-state index in [1.807, 2.05) is 0 Å². The lowest BCUT2D eigenvalue weighted by molar-refractivity contribution is -0.145. The van der Waals surface area contributed by atoms with E-state index in [4.69, 9.17) is 10.2 Å². The van der Waals surface area contributed by atoms with Gasteiger partial charge in [-0.2, -0.15) is 5.10 Å². The molecule has 1 atom stereocenters. The predicted molar refractivity (Wildman–Crippen MR) is 66.9 cm³/mol. The van der Waals surface area contributed by atoms with Crippen molar-refractivity contribution in [3.63, 3.8) is 0 Å². The van der Waals surface area contributed by atoms with E-state index in [1.54, 1.807) is 24.1 Å². The standard InChI is InChI=1S/C11H16N4O5/c1-14(5-7-4-12-15(2)6-7)11(20)13-8(10(18)19)3-9(16)17/h4,6,8H,3,5H2,1-2H3,(H,13,20)(H,16,17)(H,18,19). The minimum Gasteiger partial charge on any atom is -0.481 e. The fraction of sp³-hybridized carbons (Fsp3) is 0.455. The van der Waals surface area contributed by atoms with Crippen LogP contribution in [0.3, 0.4) is 0 Å². The van der Waals surface area contributed by atoms with Gasteiger partial charge in [0.2, 0.25) is 0 Å². The molecule has 0 fully saturated rings. The molecule has 0 radical (unpaired) electrons. The zero-order valence-electron chi connectivity index (χ0n) is 11.1. The van der Waals surface area contributed by atoms with Gasteiger partial charge in [-0.3, -0.25) is 9.48 Å². The first-order valence-electron chi connectivity index (χ1n) is 5.73. The molecule has 0 saturated carbocycles. The predicted octanol–water partition coefficient (Wildman–Crippen LogP) is -0.511. The Hall–Kier alpha value is -2.58. The fourth-order valence-electron chi connectivity index (χ4n) is 1.53. The zero-order valence-corrected chi connectivity index (χ0v) is 11.1. The van der Waals surface area contributed by atoms with Crippen molar-refractivity contribution >= 4 is 18.0 Å². The Bertz CT molecular complexity index is 513. The van der Waals surface area contributed by atoms with E-state index >= 15 is 0 Å². The van der Waals surface area contributed by atoms with Crippen LogP contribution in [0, 0.1) is 0 Å². The second-order valence-corrected chi connectivity index (χ2v) is 4.32. The lowest BCUT2D eigenvalue weighted by Crippen LogP contribution is -2.47. The normalized spacial score (nSPS) is 11.7. The van der Waals surface area contributed by atoms with Crippen molar-refractivity contribution in [2.24, 2.45) is 7.05 Å². The maximum Gasteiger partial charge on any atom is 0.326 e. The van der Waals surface area contributed by atoms with Crippen LogP contribution in [-0.4, -0.2) is 56.0 Å². The summed E-state index contributed by atoms with van der Waals surface area (Å²) < 4.78 is 1.57. The van der Waals surface area contributed by atoms with E-state index in [2.05, 4.69) is 10.4 Å². The summed E-state index contributed by atoms with van der Waals surface area (Å²) >= 11 is 0. The smallest absolute Gasteiger partial charge is 0.326 e. The Morgan fingerprint density at radius 1 is 1.45 bits per heavy atom. The van der Waals surface area contributed by atoms with Crippen molar-refractivity contribution in [2.75, 3.05) is 7.05 Å². The molecule has 3 N–H and O–H groups in total. The van der Waals surface area contributed by atoms with Crippen LogP contribution in [0.1, 0.15) is 12.0 Å². The Morgan fingerprint density at radius 3 is 2.55 bits per heavy atom.